The second-order valence-electron chi connectivity index (χ2n) is 8.64. The SMILES string of the molecule is CC(C)OCCC1CCN(CC2CC(OC(C)(C)C)C2)CC1. The van der Waals surface area contributed by atoms with Gasteiger partial charge in [-0.1, -0.05) is 0 Å². The summed E-state index contributed by atoms with van der Waals surface area (Å²) in [4.78, 5) is 2.68. The average Bonchev–Trinajstić information content (AvgIpc) is 2.36. The summed E-state index contributed by atoms with van der Waals surface area (Å²) >= 11 is 0. The molecule has 1 aliphatic carbocycles. The van der Waals surface area contributed by atoms with Gasteiger partial charge in [0.25, 0.3) is 0 Å². The molecule has 0 aromatic carbocycles. The van der Waals surface area contributed by atoms with E-state index in [1.165, 1.54) is 51.7 Å². The van der Waals surface area contributed by atoms with E-state index in [2.05, 4.69) is 39.5 Å². The van der Waals surface area contributed by atoms with Gasteiger partial charge in [0.05, 0.1) is 17.8 Å². The first-order valence-corrected chi connectivity index (χ1v) is 9.33. The quantitative estimate of drug-likeness (QED) is 0.706. The summed E-state index contributed by atoms with van der Waals surface area (Å²) in [5, 5.41) is 0. The first kappa shape index (κ1) is 18.2. The van der Waals surface area contributed by atoms with Crippen LogP contribution in [-0.4, -0.2) is 49.0 Å². The molecule has 1 saturated carbocycles. The zero-order valence-corrected chi connectivity index (χ0v) is 15.4. The summed E-state index contributed by atoms with van der Waals surface area (Å²) in [6.07, 6.45) is 7.37. The Morgan fingerprint density at radius 1 is 1.05 bits per heavy atom. The van der Waals surface area contributed by atoms with Crippen LogP contribution in [0.5, 0.6) is 0 Å². The number of likely N-dealkylation sites (tertiary alicyclic amines) is 1. The fourth-order valence-electron chi connectivity index (χ4n) is 3.71. The van der Waals surface area contributed by atoms with Crippen molar-refractivity contribution < 1.29 is 9.47 Å². The van der Waals surface area contributed by atoms with E-state index in [9.17, 15) is 0 Å². The highest BCUT2D eigenvalue weighted by molar-refractivity contribution is 4.85. The molecular formula is C19H37NO2. The number of hydrogen-bond acceptors (Lipinski definition) is 3. The van der Waals surface area contributed by atoms with Crippen LogP contribution in [0.2, 0.25) is 0 Å². The lowest BCUT2D eigenvalue weighted by Gasteiger charge is -2.42. The maximum Gasteiger partial charge on any atom is 0.0602 e. The van der Waals surface area contributed by atoms with Crippen molar-refractivity contribution in [1.29, 1.82) is 0 Å². The third-order valence-corrected chi connectivity index (χ3v) is 4.91. The molecule has 0 aromatic rings. The van der Waals surface area contributed by atoms with Gasteiger partial charge < -0.3 is 14.4 Å². The summed E-state index contributed by atoms with van der Waals surface area (Å²) in [6.45, 7) is 15.5. The van der Waals surface area contributed by atoms with Crippen molar-refractivity contribution in [3.05, 3.63) is 0 Å². The molecule has 1 saturated heterocycles. The van der Waals surface area contributed by atoms with E-state index >= 15 is 0 Å². The highest BCUT2D eigenvalue weighted by Gasteiger charge is 2.34. The molecule has 0 N–H and O–H groups in total. The topological polar surface area (TPSA) is 21.7 Å². The molecule has 2 fully saturated rings. The van der Waals surface area contributed by atoms with Crippen LogP contribution in [0.15, 0.2) is 0 Å². The Labute approximate surface area is 137 Å². The highest BCUT2D eigenvalue weighted by Crippen LogP contribution is 2.34. The van der Waals surface area contributed by atoms with Crippen LogP contribution in [-0.2, 0) is 9.47 Å². The van der Waals surface area contributed by atoms with E-state index in [0.717, 1.165) is 18.4 Å². The summed E-state index contributed by atoms with van der Waals surface area (Å²) in [5.74, 6) is 1.75. The van der Waals surface area contributed by atoms with Crippen LogP contribution in [0.4, 0.5) is 0 Å². The van der Waals surface area contributed by atoms with Gasteiger partial charge in [0.2, 0.25) is 0 Å². The normalized spacial score (nSPS) is 28.1. The Morgan fingerprint density at radius 2 is 1.68 bits per heavy atom. The Morgan fingerprint density at radius 3 is 2.23 bits per heavy atom. The summed E-state index contributed by atoms with van der Waals surface area (Å²) < 4.78 is 11.7. The van der Waals surface area contributed by atoms with Crippen LogP contribution in [0.1, 0.15) is 66.7 Å². The van der Waals surface area contributed by atoms with Crippen molar-refractivity contribution in [2.45, 2.75) is 84.5 Å². The molecule has 0 aromatic heterocycles. The third-order valence-electron chi connectivity index (χ3n) is 4.91. The lowest BCUT2D eigenvalue weighted by molar-refractivity contribution is -0.116. The van der Waals surface area contributed by atoms with Crippen LogP contribution in [0, 0.1) is 11.8 Å². The molecule has 130 valence electrons. The standard InChI is InChI=1S/C19H37NO2/c1-15(2)21-11-8-16-6-9-20(10-7-16)14-17-12-18(13-17)22-19(3,4)5/h15-18H,6-14H2,1-5H3. The predicted octanol–water partition coefficient (Wildman–Crippen LogP) is 4.11. The van der Waals surface area contributed by atoms with Crippen LogP contribution < -0.4 is 0 Å². The van der Waals surface area contributed by atoms with Gasteiger partial charge >= 0.3 is 0 Å². The molecule has 3 heteroatoms. The van der Waals surface area contributed by atoms with E-state index in [-0.39, 0.29) is 5.60 Å². The van der Waals surface area contributed by atoms with Crippen LogP contribution >= 0.6 is 0 Å². The summed E-state index contributed by atoms with van der Waals surface area (Å²) in [5.41, 5.74) is 0.0199. The molecular weight excluding hydrogens is 274 g/mol. The molecule has 0 unspecified atom stereocenters. The van der Waals surface area contributed by atoms with Crippen molar-refractivity contribution in [3.8, 4) is 0 Å². The molecule has 1 heterocycles. The van der Waals surface area contributed by atoms with Gasteiger partial charge in [-0.25, -0.2) is 0 Å². The van der Waals surface area contributed by atoms with Crippen molar-refractivity contribution in [2.24, 2.45) is 11.8 Å². The molecule has 0 atom stereocenters. The van der Waals surface area contributed by atoms with Crippen molar-refractivity contribution >= 4 is 0 Å². The lowest BCUT2D eigenvalue weighted by Crippen LogP contribution is -2.44. The predicted molar refractivity (Wildman–Crippen MR) is 92.2 cm³/mol. The molecule has 0 amide bonds. The van der Waals surface area contributed by atoms with E-state index in [1.54, 1.807) is 0 Å². The minimum atomic E-state index is 0.0199. The van der Waals surface area contributed by atoms with Gasteiger partial charge in [-0.05, 0) is 91.6 Å². The summed E-state index contributed by atoms with van der Waals surface area (Å²) in [6, 6.07) is 0. The Hall–Kier alpha value is -0.120. The minimum Gasteiger partial charge on any atom is -0.379 e. The van der Waals surface area contributed by atoms with E-state index in [4.69, 9.17) is 9.47 Å². The van der Waals surface area contributed by atoms with Crippen molar-refractivity contribution in [1.82, 2.24) is 4.90 Å². The second-order valence-corrected chi connectivity index (χ2v) is 8.64. The molecule has 2 aliphatic rings. The molecule has 0 radical (unpaired) electrons. The van der Waals surface area contributed by atoms with E-state index < -0.39 is 0 Å². The van der Waals surface area contributed by atoms with Gasteiger partial charge in [-0.3, -0.25) is 0 Å². The molecule has 3 nitrogen and oxygen atoms in total. The number of ether oxygens (including phenoxy) is 2. The first-order valence-electron chi connectivity index (χ1n) is 9.33. The Kier molecular flexibility index (Phi) is 6.73. The number of rotatable bonds is 7. The maximum absolute atomic E-state index is 6.04. The summed E-state index contributed by atoms with van der Waals surface area (Å²) in [7, 11) is 0. The molecule has 1 aliphatic heterocycles. The van der Waals surface area contributed by atoms with Gasteiger partial charge in [-0.15, -0.1) is 0 Å². The average molecular weight is 312 g/mol. The number of hydrogen-bond donors (Lipinski definition) is 0. The number of piperidine rings is 1. The smallest absolute Gasteiger partial charge is 0.0602 e. The minimum absolute atomic E-state index is 0.0199. The molecule has 0 bridgehead atoms. The zero-order valence-electron chi connectivity index (χ0n) is 15.4. The van der Waals surface area contributed by atoms with Gasteiger partial charge in [-0.2, -0.15) is 0 Å². The van der Waals surface area contributed by atoms with Crippen LogP contribution in [0.3, 0.4) is 0 Å². The molecule has 2 rings (SSSR count). The first-order chi connectivity index (χ1) is 10.3. The molecule has 0 spiro atoms. The monoisotopic (exact) mass is 311 g/mol. The third kappa shape index (κ3) is 6.55. The second kappa shape index (κ2) is 8.12. The fourth-order valence-corrected chi connectivity index (χ4v) is 3.71. The van der Waals surface area contributed by atoms with E-state index in [0.29, 0.717) is 12.2 Å². The molecule has 22 heavy (non-hydrogen) atoms. The van der Waals surface area contributed by atoms with Gasteiger partial charge in [0.15, 0.2) is 0 Å². The van der Waals surface area contributed by atoms with Crippen molar-refractivity contribution in [3.63, 3.8) is 0 Å². The number of nitrogens with zero attached hydrogens (tertiary/aromatic N) is 1. The van der Waals surface area contributed by atoms with Gasteiger partial charge in [0.1, 0.15) is 0 Å². The maximum atomic E-state index is 6.04. The fraction of sp³-hybridized carbons (Fsp3) is 1.00. The lowest BCUT2D eigenvalue weighted by atomic mass is 9.81. The van der Waals surface area contributed by atoms with Crippen LogP contribution in [0.25, 0.3) is 0 Å². The van der Waals surface area contributed by atoms with Gasteiger partial charge in [0, 0.05) is 13.2 Å². The highest BCUT2D eigenvalue weighted by atomic mass is 16.5. The Balaban J connectivity index is 1.53. The zero-order chi connectivity index (χ0) is 16.2. The van der Waals surface area contributed by atoms with Crippen molar-refractivity contribution in [2.75, 3.05) is 26.2 Å². The Bertz CT molecular complexity index is 310. The largest absolute Gasteiger partial charge is 0.379 e. The van der Waals surface area contributed by atoms with E-state index in [1.807, 2.05) is 0 Å².